The van der Waals surface area contributed by atoms with Gasteiger partial charge in [0.25, 0.3) is 0 Å². The highest BCUT2D eigenvalue weighted by molar-refractivity contribution is 7.89. The molecule has 0 unspecified atom stereocenters. The zero-order valence-electron chi connectivity index (χ0n) is 16.8. The van der Waals surface area contributed by atoms with Crippen molar-refractivity contribution in [2.75, 3.05) is 7.11 Å². The first-order valence-electron chi connectivity index (χ1n) is 9.84. The molecule has 0 saturated heterocycles. The molecular weight excluding hydrogens is 386 g/mol. The summed E-state index contributed by atoms with van der Waals surface area (Å²) in [5, 5.41) is 0. The van der Waals surface area contributed by atoms with Crippen molar-refractivity contribution in [2.24, 2.45) is 5.92 Å². The third-order valence-corrected chi connectivity index (χ3v) is 6.73. The van der Waals surface area contributed by atoms with Crippen molar-refractivity contribution in [3.05, 3.63) is 71.8 Å². The topological polar surface area (TPSA) is 72.5 Å². The molecule has 0 aliphatic heterocycles. The van der Waals surface area contributed by atoms with Crippen LogP contribution in [0.15, 0.2) is 65.6 Å². The summed E-state index contributed by atoms with van der Waals surface area (Å²) >= 11 is 0. The molecule has 0 heterocycles. The number of nitrogens with one attached hydrogen (secondary N) is 1. The summed E-state index contributed by atoms with van der Waals surface area (Å²) in [4.78, 5) is 13.0. The molecule has 2 atom stereocenters. The van der Waals surface area contributed by atoms with Crippen LogP contribution in [0.5, 0.6) is 5.75 Å². The standard InChI is InChI=1S/C23H27NO4S/c1-17-9-15-20(16-10-17)29(26,27)24-23(18-11-13-19(28-2)14-12-18)21-7-5-3-4-6-8-22(21)25/h6,8-16,21,23-24H,3-5,7H2,1-2H3/b8-6-/t21-,23-/m1/s1. The zero-order chi connectivity index (χ0) is 20.9. The molecule has 0 spiro atoms. The molecule has 0 bridgehead atoms. The maximum absolute atomic E-state index is 13.1. The Morgan fingerprint density at radius 3 is 2.38 bits per heavy atom. The highest BCUT2D eigenvalue weighted by Crippen LogP contribution is 2.32. The molecule has 0 fully saturated rings. The number of benzene rings is 2. The Bertz CT molecular complexity index is 963. The molecule has 29 heavy (non-hydrogen) atoms. The molecule has 6 heteroatoms. The van der Waals surface area contributed by atoms with Crippen LogP contribution < -0.4 is 9.46 Å². The Labute approximate surface area is 172 Å². The Morgan fingerprint density at radius 1 is 1.03 bits per heavy atom. The van der Waals surface area contributed by atoms with E-state index in [1.807, 2.05) is 25.1 Å². The fraction of sp³-hybridized carbons (Fsp3) is 0.348. The molecule has 154 valence electrons. The van der Waals surface area contributed by atoms with Gasteiger partial charge in [-0.05, 0) is 62.1 Å². The number of carbonyl (C=O) groups excluding carboxylic acids is 1. The number of rotatable bonds is 6. The van der Waals surface area contributed by atoms with Crippen LogP contribution in [0.4, 0.5) is 0 Å². The van der Waals surface area contributed by atoms with Crippen LogP contribution in [-0.4, -0.2) is 21.3 Å². The molecule has 5 nitrogen and oxygen atoms in total. The zero-order valence-corrected chi connectivity index (χ0v) is 17.6. The lowest BCUT2D eigenvalue weighted by Crippen LogP contribution is -2.36. The van der Waals surface area contributed by atoms with E-state index in [0.29, 0.717) is 12.2 Å². The number of allylic oxidation sites excluding steroid dienone is 2. The SMILES string of the molecule is COc1ccc([C@@H](NS(=O)(=O)c2ccc(C)cc2)[C@@H]2CCCC/C=C\C2=O)cc1. The van der Waals surface area contributed by atoms with Crippen molar-refractivity contribution in [3.63, 3.8) is 0 Å². The van der Waals surface area contributed by atoms with E-state index in [2.05, 4.69) is 4.72 Å². The van der Waals surface area contributed by atoms with E-state index in [9.17, 15) is 13.2 Å². The fourth-order valence-corrected chi connectivity index (χ4v) is 4.83. The first-order chi connectivity index (χ1) is 13.9. The Kier molecular flexibility index (Phi) is 6.87. The number of ketones is 1. The minimum Gasteiger partial charge on any atom is -0.497 e. The van der Waals surface area contributed by atoms with Gasteiger partial charge in [-0.25, -0.2) is 13.1 Å². The van der Waals surface area contributed by atoms with Gasteiger partial charge in [0.15, 0.2) is 5.78 Å². The first-order valence-corrected chi connectivity index (χ1v) is 11.3. The molecule has 2 aromatic rings. The largest absolute Gasteiger partial charge is 0.497 e. The Hall–Kier alpha value is -2.44. The highest BCUT2D eigenvalue weighted by atomic mass is 32.2. The van der Waals surface area contributed by atoms with Crippen molar-refractivity contribution >= 4 is 15.8 Å². The van der Waals surface area contributed by atoms with Crippen LogP contribution in [0.2, 0.25) is 0 Å². The van der Waals surface area contributed by atoms with E-state index >= 15 is 0 Å². The number of methoxy groups -OCH3 is 1. The molecule has 1 aliphatic carbocycles. The van der Waals surface area contributed by atoms with Gasteiger partial charge < -0.3 is 4.74 Å². The smallest absolute Gasteiger partial charge is 0.241 e. The maximum Gasteiger partial charge on any atom is 0.241 e. The predicted octanol–water partition coefficient (Wildman–Crippen LogP) is 4.34. The van der Waals surface area contributed by atoms with Gasteiger partial charge in [0, 0.05) is 5.92 Å². The quantitative estimate of drug-likeness (QED) is 0.765. The second-order valence-electron chi connectivity index (χ2n) is 7.38. The van der Waals surface area contributed by atoms with Crippen molar-refractivity contribution < 1.29 is 17.9 Å². The molecule has 0 aromatic heterocycles. The van der Waals surface area contributed by atoms with Crippen molar-refractivity contribution in [1.82, 2.24) is 4.72 Å². The van der Waals surface area contributed by atoms with Crippen molar-refractivity contribution in [2.45, 2.75) is 43.5 Å². The number of hydrogen-bond donors (Lipinski definition) is 1. The molecular formula is C23H27NO4S. The normalized spacial score (nSPS) is 19.8. The minimum absolute atomic E-state index is 0.0443. The van der Waals surface area contributed by atoms with E-state index < -0.39 is 22.0 Å². The summed E-state index contributed by atoms with van der Waals surface area (Å²) in [6.45, 7) is 1.91. The number of ether oxygens (including phenoxy) is 1. The molecule has 0 saturated carbocycles. The first kappa shape index (κ1) is 21.3. The lowest BCUT2D eigenvalue weighted by atomic mass is 9.84. The number of hydrogen-bond acceptors (Lipinski definition) is 4. The summed E-state index contributed by atoms with van der Waals surface area (Å²) in [7, 11) is -2.21. The Balaban J connectivity index is 1.99. The summed E-state index contributed by atoms with van der Waals surface area (Å²) in [5.74, 6) is 0.176. The summed E-state index contributed by atoms with van der Waals surface area (Å²) in [6.07, 6.45) is 6.85. The van der Waals surface area contributed by atoms with Crippen molar-refractivity contribution in [3.8, 4) is 5.75 Å². The van der Waals surface area contributed by atoms with Crippen LogP contribution in [-0.2, 0) is 14.8 Å². The van der Waals surface area contributed by atoms with Gasteiger partial charge in [0.2, 0.25) is 10.0 Å². The van der Waals surface area contributed by atoms with Gasteiger partial charge in [0.05, 0.1) is 18.0 Å². The third-order valence-electron chi connectivity index (χ3n) is 5.27. The second-order valence-corrected chi connectivity index (χ2v) is 9.09. The van der Waals surface area contributed by atoms with Gasteiger partial charge in [-0.3, -0.25) is 4.79 Å². The second kappa shape index (κ2) is 9.37. The monoisotopic (exact) mass is 413 g/mol. The molecule has 1 aliphatic rings. The van der Waals surface area contributed by atoms with E-state index in [1.54, 1.807) is 49.6 Å². The van der Waals surface area contributed by atoms with Crippen LogP contribution in [0.1, 0.15) is 42.9 Å². The van der Waals surface area contributed by atoms with Gasteiger partial charge in [-0.1, -0.05) is 42.3 Å². The van der Waals surface area contributed by atoms with Gasteiger partial charge in [0.1, 0.15) is 5.75 Å². The average Bonchev–Trinajstić information content (AvgIpc) is 2.70. The maximum atomic E-state index is 13.1. The Morgan fingerprint density at radius 2 is 1.72 bits per heavy atom. The summed E-state index contributed by atoms with van der Waals surface area (Å²) < 4.78 is 34.2. The minimum atomic E-state index is -3.79. The number of aryl methyl sites for hydroxylation is 1. The fourth-order valence-electron chi connectivity index (χ4n) is 3.57. The van der Waals surface area contributed by atoms with E-state index in [1.165, 1.54) is 0 Å². The molecule has 0 amide bonds. The van der Waals surface area contributed by atoms with Crippen LogP contribution in [0, 0.1) is 12.8 Å². The van der Waals surface area contributed by atoms with E-state index in [4.69, 9.17) is 4.74 Å². The number of sulfonamides is 1. The lowest BCUT2D eigenvalue weighted by Gasteiger charge is -2.27. The van der Waals surface area contributed by atoms with E-state index in [0.717, 1.165) is 30.4 Å². The molecule has 1 N–H and O–H groups in total. The highest BCUT2D eigenvalue weighted by Gasteiger charge is 2.32. The third kappa shape index (κ3) is 5.34. The van der Waals surface area contributed by atoms with Gasteiger partial charge >= 0.3 is 0 Å². The van der Waals surface area contributed by atoms with E-state index in [-0.39, 0.29) is 10.7 Å². The van der Waals surface area contributed by atoms with Gasteiger partial charge in [-0.2, -0.15) is 0 Å². The summed E-state index contributed by atoms with van der Waals surface area (Å²) in [6, 6.07) is 13.3. The molecule has 0 radical (unpaired) electrons. The average molecular weight is 414 g/mol. The molecule has 3 rings (SSSR count). The summed E-state index contributed by atoms with van der Waals surface area (Å²) in [5.41, 5.74) is 1.73. The van der Waals surface area contributed by atoms with Crippen molar-refractivity contribution in [1.29, 1.82) is 0 Å². The molecule has 2 aromatic carbocycles. The van der Waals surface area contributed by atoms with Crippen LogP contribution >= 0.6 is 0 Å². The predicted molar refractivity (Wildman–Crippen MR) is 113 cm³/mol. The van der Waals surface area contributed by atoms with Crippen LogP contribution in [0.25, 0.3) is 0 Å². The van der Waals surface area contributed by atoms with Gasteiger partial charge in [-0.15, -0.1) is 0 Å². The number of carbonyl (C=O) groups is 1. The van der Waals surface area contributed by atoms with Crippen LogP contribution in [0.3, 0.4) is 0 Å². The lowest BCUT2D eigenvalue weighted by molar-refractivity contribution is -0.119.